The minimum absolute atomic E-state index is 0.571. The van der Waals surface area contributed by atoms with Crippen LogP contribution in [0.4, 0.5) is 0 Å². The molecule has 188 valence electrons. The van der Waals surface area contributed by atoms with E-state index in [-0.39, 0.29) is 0 Å². The van der Waals surface area contributed by atoms with Gasteiger partial charge >= 0.3 is 0 Å². The van der Waals surface area contributed by atoms with Gasteiger partial charge in [-0.2, -0.15) is 0 Å². The van der Waals surface area contributed by atoms with E-state index in [4.69, 9.17) is 0 Å². The average molecular weight is 506 g/mol. The van der Waals surface area contributed by atoms with Gasteiger partial charge in [-0.15, -0.1) is 0 Å². The van der Waals surface area contributed by atoms with Gasteiger partial charge in [0, 0.05) is 28.9 Å². The van der Waals surface area contributed by atoms with E-state index in [0.29, 0.717) is 5.92 Å². The summed E-state index contributed by atoms with van der Waals surface area (Å²) >= 11 is 1.69. The third kappa shape index (κ3) is 6.14. The van der Waals surface area contributed by atoms with Crippen LogP contribution in [0.1, 0.15) is 50.3 Å². The van der Waals surface area contributed by atoms with Crippen molar-refractivity contribution >= 4 is 23.4 Å². The molecule has 37 heavy (non-hydrogen) atoms. The van der Waals surface area contributed by atoms with Crippen LogP contribution < -0.4 is 4.72 Å². The Bertz CT molecular complexity index is 1380. The minimum Gasteiger partial charge on any atom is -0.327 e. The second-order valence-corrected chi connectivity index (χ2v) is 10.9. The average Bonchev–Trinajstić information content (AvgIpc) is 3.58. The van der Waals surface area contributed by atoms with Crippen LogP contribution in [0.5, 0.6) is 0 Å². The molecule has 0 fully saturated rings. The van der Waals surface area contributed by atoms with Gasteiger partial charge in [-0.05, 0) is 96.5 Å². The van der Waals surface area contributed by atoms with Crippen LogP contribution in [0.15, 0.2) is 111 Å². The summed E-state index contributed by atoms with van der Waals surface area (Å²) in [4.78, 5) is 10.4. The summed E-state index contributed by atoms with van der Waals surface area (Å²) in [6.07, 6.45) is 8.29. The molecule has 1 atom stereocenters. The molecule has 1 unspecified atom stereocenters. The third-order valence-electron chi connectivity index (χ3n) is 7.35. The molecular weight excluding hydrogens is 470 g/mol. The molecule has 1 N–H and O–H groups in total. The zero-order valence-electron chi connectivity index (χ0n) is 22.0. The Morgan fingerprint density at radius 3 is 2.51 bits per heavy atom. The Morgan fingerprint density at radius 2 is 1.76 bits per heavy atom. The fourth-order valence-electron chi connectivity index (χ4n) is 4.95. The Hall–Kier alpha value is -3.37. The van der Waals surface area contributed by atoms with Gasteiger partial charge in [0.2, 0.25) is 0 Å². The standard InChI is InChI=1S/C33H35N3S/c1-23(15-16-26-10-5-4-6-11-26)20-28-21-27(31-13-9-19-34-31)17-18-29(28)30-12-7-8-14-33(30)37-36-32-22-35-25(3)24(32)2/h4-12,14,17-19,21,23,36H,13,15-16,20,22H2,1-3H3. The second-order valence-electron chi connectivity index (χ2n) is 10.1. The predicted molar refractivity (Wildman–Crippen MR) is 159 cm³/mol. The predicted octanol–water partition coefficient (Wildman–Crippen LogP) is 8.22. The van der Waals surface area contributed by atoms with Crippen molar-refractivity contribution < 1.29 is 0 Å². The number of nitrogens with zero attached hydrogens (tertiary/aromatic N) is 2. The van der Waals surface area contributed by atoms with Gasteiger partial charge in [0.05, 0.1) is 12.3 Å². The number of aryl methyl sites for hydroxylation is 1. The molecule has 0 bridgehead atoms. The van der Waals surface area contributed by atoms with E-state index in [9.17, 15) is 0 Å². The van der Waals surface area contributed by atoms with Crippen LogP contribution in [0.3, 0.4) is 0 Å². The van der Waals surface area contributed by atoms with Crippen molar-refractivity contribution in [3.05, 3.63) is 113 Å². The molecule has 0 aromatic heterocycles. The van der Waals surface area contributed by atoms with Crippen molar-refractivity contribution in [3.63, 3.8) is 0 Å². The normalized spacial score (nSPS) is 15.6. The van der Waals surface area contributed by atoms with Crippen molar-refractivity contribution in [2.45, 2.75) is 51.3 Å². The van der Waals surface area contributed by atoms with E-state index in [2.05, 4.69) is 114 Å². The fraction of sp³-hybridized carbons (Fsp3) is 0.273. The molecule has 2 heterocycles. The van der Waals surface area contributed by atoms with Crippen molar-refractivity contribution in [2.75, 3.05) is 6.54 Å². The van der Waals surface area contributed by atoms with Gasteiger partial charge in [0.25, 0.3) is 0 Å². The summed E-state index contributed by atoms with van der Waals surface area (Å²) in [6.45, 7) is 7.35. The molecule has 3 aromatic carbocycles. The lowest BCUT2D eigenvalue weighted by Crippen LogP contribution is -2.08. The van der Waals surface area contributed by atoms with E-state index in [1.165, 1.54) is 50.4 Å². The Kier molecular flexibility index (Phi) is 8.05. The highest BCUT2D eigenvalue weighted by Crippen LogP contribution is 2.35. The number of allylic oxidation sites excluding steroid dienone is 2. The summed E-state index contributed by atoms with van der Waals surface area (Å²) in [5.74, 6) is 0.571. The summed E-state index contributed by atoms with van der Waals surface area (Å²) in [5, 5.41) is 0. The monoisotopic (exact) mass is 505 g/mol. The Morgan fingerprint density at radius 1 is 0.946 bits per heavy atom. The largest absolute Gasteiger partial charge is 0.327 e. The molecule has 0 radical (unpaired) electrons. The van der Waals surface area contributed by atoms with E-state index in [0.717, 1.165) is 37.2 Å². The van der Waals surface area contributed by atoms with Crippen LogP contribution in [-0.2, 0) is 12.8 Å². The van der Waals surface area contributed by atoms with Gasteiger partial charge < -0.3 is 4.72 Å². The molecule has 3 aromatic rings. The maximum Gasteiger partial charge on any atom is 0.0801 e. The fourth-order valence-corrected chi connectivity index (χ4v) is 5.83. The number of hydrogen-bond donors (Lipinski definition) is 1. The minimum atomic E-state index is 0.571. The molecule has 0 aliphatic carbocycles. The molecule has 2 aliphatic heterocycles. The van der Waals surface area contributed by atoms with Gasteiger partial charge in [-0.3, -0.25) is 9.98 Å². The number of aliphatic imine (C=N–C) groups is 2. The quantitative estimate of drug-likeness (QED) is 0.282. The van der Waals surface area contributed by atoms with Crippen LogP contribution in [0, 0.1) is 5.92 Å². The molecule has 2 aliphatic rings. The zero-order chi connectivity index (χ0) is 25.6. The Balaban J connectivity index is 1.41. The van der Waals surface area contributed by atoms with E-state index >= 15 is 0 Å². The topological polar surface area (TPSA) is 36.8 Å². The molecule has 0 saturated heterocycles. The molecule has 5 rings (SSSR count). The van der Waals surface area contributed by atoms with Gasteiger partial charge in [0.1, 0.15) is 0 Å². The number of nitrogens with one attached hydrogen (secondary N) is 1. The van der Waals surface area contributed by atoms with Crippen LogP contribution >= 0.6 is 11.9 Å². The summed E-state index contributed by atoms with van der Waals surface area (Å²) in [6, 6.07) is 26.5. The first-order valence-electron chi connectivity index (χ1n) is 13.2. The van der Waals surface area contributed by atoms with Gasteiger partial charge in [-0.25, -0.2) is 0 Å². The van der Waals surface area contributed by atoms with Crippen molar-refractivity contribution in [1.29, 1.82) is 0 Å². The molecule has 0 spiro atoms. The maximum absolute atomic E-state index is 4.61. The highest BCUT2D eigenvalue weighted by atomic mass is 32.2. The number of hydrogen-bond acceptors (Lipinski definition) is 4. The Labute approximate surface area is 225 Å². The molecule has 3 nitrogen and oxygen atoms in total. The van der Waals surface area contributed by atoms with Crippen molar-refractivity contribution in [3.8, 4) is 11.1 Å². The molecule has 0 amide bonds. The van der Waals surface area contributed by atoms with E-state index in [1.807, 2.05) is 6.20 Å². The summed E-state index contributed by atoms with van der Waals surface area (Å²) < 4.78 is 3.60. The summed E-state index contributed by atoms with van der Waals surface area (Å²) in [7, 11) is 0. The SMILES string of the molecule is CC1=NCC(NSc2ccccc2-c2ccc(C3=NC=CC3)cc2CC(C)CCc2ccccc2)=C1C. The first-order chi connectivity index (χ1) is 18.1. The molecular formula is C33H35N3S. The first kappa shape index (κ1) is 25.3. The van der Waals surface area contributed by atoms with Crippen molar-refractivity contribution in [2.24, 2.45) is 15.9 Å². The van der Waals surface area contributed by atoms with Gasteiger partial charge in [-0.1, -0.05) is 73.7 Å². The molecule has 4 heteroatoms. The second kappa shape index (κ2) is 11.8. The summed E-state index contributed by atoms with van der Waals surface area (Å²) in [5.41, 5.74) is 11.4. The highest BCUT2D eigenvalue weighted by molar-refractivity contribution is 7.97. The molecule has 0 saturated carbocycles. The van der Waals surface area contributed by atoms with Crippen LogP contribution in [-0.4, -0.2) is 18.0 Å². The third-order valence-corrected chi connectivity index (χ3v) is 8.28. The first-order valence-corrected chi connectivity index (χ1v) is 14.0. The lowest BCUT2D eigenvalue weighted by Gasteiger charge is -2.19. The van der Waals surface area contributed by atoms with E-state index in [1.54, 1.807) is 11.9 Å². The smallest absolute Gasteiger partial charge is 0.0801 e. The highest BCUT2D eigenvalue weighted by Gasteiger charge is 2.17. The lowest BCUT2D eigenvalue weighted by atomic mass is 9.88. The van der Waals surface area contributed by atoms with Crippen LogP contribution in [0.25, 0.3) is 11.1 Å². The number of benzene rings is 3. The van der Waals surface area contributed by atoms with Crippen LogP contribution in [0.2, 0.25) is 0 Å². The number of rotatable bonds is 10. The van der Waals surface area contributed by atoms with Gasteiger partial charge in [0.15, 0.2) is 0 Å². The lowest BCUT2D eigenvalue weighted by molar-refractivity contribution is 0.531. The zero-order valence-corrected chi connectivity index (χ0v) is 22.8. The maximum atomic E-state index is 4.61. The van der Waals surface area contributed by atoms with E-state index < -0.39 is 0 Å². The van der Waals surface area contributed by atoms with Crippen molar-refractivity contribution in [1.82, 2.24) is 4.72 Å².